The average Bonchev–Trinajstić information content (AvgIpc) is 3.19. The monoisotopic (exact) mass is 285 g/mol. The quantitative estimate of drug-likeness (QED) is 0.729. The second kappa shape index (κ2) is 5.83. The lowest BCUT2D eigenvalue weighted by Gasteiger charge is -2.32. The summed E-state index contributed by atoms with van der Waals surface area (Å²) in [6.45, 7) is 10.4. The molecule has 3 nitrogen and oxygen atoms in total. The number of rotatable bonds is 1. The number of hydrogen-bond acceptors (Lipinski definition) is 3. The Morgan fingerprint density at radius 3 is 2.00 bits per heavy atom. The van der Waals surface area contributed by atoms with E-state index < -0.39 is 0 Å². The first kappa shape index (κ1) is 16.1. The van der Waals surface area contributed by atoms with Crippen LogP contribution in [0.2, 0.25) is 5.82 Å². The molecule has 0 atom stereocenters. The number of nitrogens with zero attached hydrogens (tertiary/aromatic N) is 1. The van der Waals surface area contributed by atoms with Crippen LogP contribution in [0.15, 0.2) is 24.3 Å². The first-order valence-corrected chi connectivity index (χ1v) is 7.58. The van der Waals surface area contributed by atoms with Gasteiger partial charge < -0.3 is 9.31 Å². The van der Waals surface area contributed by atoms with Crippen LogP contribution < -0.4 is 0 Å². The summed E-state index contributed by atoms with van der Waals surface area (Å²) >= 11 is 0. The Labute approximate surface area is 128 Å². The molecule has 0 bridgehead atoms. The number of aryl methyl sites for hydroxylation is 1. The molecule has 0 unspecified atom stereocenters. The smallest absolute Gasteiger partial charge is 0.403 e. The maximum atomic E-state index is 8.47. The molecule has 1 aromatic carbocycles. The van der Waals surface area contributed by atoms with Gasteiger partial charge in [0.15, 0.2) is 0 Å². The summed E-state index contributed by atoms with van der Waals surface area (Å²) in [5.74, 6) is 0.672. The maximum Gasteiger partial charge on any atom is 0.461 e. The summed E-state index contributed by atoms with van der Waals surface area (Å²) in [6, 6.07) is 9.63. The fraction of sp³-hybridized carbons (Fsp3) is 0.588. The Morgan fingerprint density at radius 1 is 1.10 bits per heavy atom. The number of hydrogen-bond donors (Lipinski definition) is 0. The minimum Gasteiger partial charge on any atom is -0.403 e. The van der Waals surface area contributed by atoms with Gasteiger partial charge in [0.25, 0.3) is 0 Å². The summed E-state index contributed by atoms with van der Waals surface area (Å²) in [5.41, 5.74) is 1.53. The molecular weight excluding hydrogens is 261 g/mol. The Kier molecular flexibility index (Phi) is 4.46. The van der Waals surface area contributed by atoms with Gasteiger partial charge in [0, 0.05) is 0 Å². The van der Waals surface area contributed by atoms with E-state index in [2.05, 4.69) is 33.8 Å². The van der Waals surface area contributed by atoms with Gasteiger partial charge in [0.05, 0.1) is 22.8 Å². The van der Waals surface area contributed by atoms with E-state index in [1.807, 2.05) is 31.2 Å². The highest BCUT2D eigenvalue weighted by atomic mass is 16.7. The van der Waals surface area contributed by atoms with Crippen LogP contribution in [0.4, 0.5) is 0 Å². The minimum absolute atomic E-state index is 0.0648. The molecule has 1 saturated heterocycles. The molecule has 1 aromatic rings. The van der Waals surface area contributed by atoms with Crippen LogP contribution in [-0.4, -0.2) is 18.3 Å². The van der Waals surface area contributed by atoms with E-state index in [9.17, 15) is 0 Å². The van der Waals surface area contributed by atoms with Gasteiger partial charge in [-0.1, -0.05) is 31.0 Å². The third kappa shape index (κ3) is 3.67. The van der Waals surface area contributed by atoms with Crippen LogP contribution in [0.25, 0.3) is 0 Å². The molecule has 0 amide bonds. The minimum atomic E-state index is -0.139. The van der Waals surface area contributed by atoms with Crippen molar-refractivity contribution >= 4 is 7.12 Å². The largest absolute Gasteiger partial charge is 0.461 e. The van der Waals surface area contributed by atoms with Crippen LogP contribution in [-0.2, 0) is 9.31 Å². The van der Waals surface area contributed by atoms with E-state index >= 15 is 0 Å². The molecule has 1 saturated carbocycles. The van der Waals surface area contributed by atoms with Gasteiger partial charge in [-0.05, 0) is 52.1 Å². The van der Waals surface area contributed by atoms with Gasteiger partial charge in [-0.3, -0.25) is 0 Å². The van der Waals surface area contributed by atoms with Crippen molar-refractivity contribution in [1.29, 1.82) is 5.26 Å². The molecule has 0 spiro atoms. The molecule has 4 heteroatoms. The fourth-order valence-electron chi connectivity index (χ4n) is 2.15. The molecule has 1 heterocycles. The standard InChI is InChI=1S/C9H17BO2.C8H7N/c1-8(2)9(3,4)12-10(11-8)7-5-6-7;1-7-4-2-3-5-8(7)6-9/h7H,5-6H2,1-4H3;2-5H,1H3. The summed E-state index contributed by atoms with van der Waals surface area (Å²) < 4.78 is 11.7. The molecule has 1 aliphatic heterocycles. The van der Waals surface area contributed by atoms with E-state index in [4.69, 9.17) is 14.6 Å². The topological polar surface area (TPSA) is 42.2 Å². The van der Waals surface area contributed by atoms with E-state index in [1.165, 1.54) is 12.8 Å². The Bertz CT molecular complexity index is 528. The SMILES string of the molecule is CC1(C)OB(C2CC2)OC1(C)C.Cc1ccccc1C#N. The van der Waals surface area contributed by atoms with E-state index in [-0.39, 0.29) is 18.3 Å². The summed E-state index contributed by atoms with van der Waals surface area (Å²) in [4.78, 5) is 0. The normalized spacial score (nSPS) is 22.2. The van der Waals surface area contributed by atoms with Crippen molar-refractivity contribution in [2.45, 2.75) is 64.5 Å². The van der Waals surface area contributed by atoms with Gasteiger partial charge in [-0.25, -0.2) is 0 Å². The average molecular weight is 285 g/mol. The third-order valence-corrected chi connectivity index (χ3v) is 4.54. The zero-order chi connectivity index (χ0) is 15.7. The highest BCUT2D eigenvalue weighted by molar-refractivity contribution is 6.48. The van der Waals surface area contributed by atoms with E-state index in [1.54, 1.807) is 0 Å². The van der Waals surface area contributed by atoms with Crippen LogP contribution in [0.1, 0.15) is 51.7 Å². The summed E-state index contributed by atoms with van der Waals surface area (Å²) in [5, 5.41) is 8.47. The zero-order valence-electron chi connectivity index (χ0n) is 13.6. The molecule has 1 aliphatic carbocycles. The Morgan fingerprint density at radius 2 is 1.62 bits per heavy atom. The van der Waals surface area contributed by atoms with Crippen molar-refractivity contribution in [2.75, 3.05) is 0 Å². The van der Waals surface area contributed by atoms with Crippen LogP contribution in [0.5, 0.6) is 0 Å². The van der Waals surface area contributed by atoms with Crippen LogP contribution in [0, 0.1) is 18.3 Å². The van der Waals surface area contributed by atoms with E-state index in [0.717, 1.165) is 11.1 Å². The third-order valence-electron chi connectivity index (χ3n) is 4.54. The van der Waals surface area contributed by atoms with Crippen molar-refractivity contribution < 1.29 is 9.31 Å². The van der Waals surface area contributed by atoms with Crippen molar-refractivity contribution in [3.63, 3.8) is 0 Å². The predicted molar refractivity (Wildman–Crippen MR) is 85.0 cm³/mol. The number of benzene rings is 1. The summed E-state index contributed by atoms with van der Waals surface area (Å²) in [6.07, 6.45) is 2.55. The predicted octanol–water partition coefficient (Wildman–Crippen LogP) is 4.11. The number of nitriles is 1. The lowest BCUT2D eigenvalue weighted by molar-refractivity contribution is 0.00578. The molecule has 0 N–H and O–H groups in total. The van der Waals surface area contributed by atoms with Gasteiger partial charge >= 0.3 is 7.12 Å². The van der Waals surface area contributed by atoms with Crippen molar-refractivity contribution in [2.24, 2.45) is 0 Å². The van der Waals surface area contributed by atoms with Crippen molar-refractivity contribution in [1.82, 2.24) is 0 Å². The molecule has 0 aromatic heterocycles. The fourth-order valence-corrected chi connectivity index (χ4v) is 2.15. The second-order valence-electron chi connectivity index (χ2n) is 6.89. The van der Waals surface area contributed by atoms with Gasteiger partial charge in [-0.15, -0.1) is 0 Å². The highest BCUT2D eigenvalue weighted by Gasteiger charge is 2.55. The summed E-state index contributed by atoms with van der Waals surface area (Å²) in [7, 11) is 0.0648. The lowest BCUT2D eigenvalue weighted by Crippen LogP contribution is -2.41. The van der Waals surface area contributed by atoms with Gasteiger partial charge in [-0.2, -0.15) is 5.26 Å². The Balaban J connectivity index is 0.000000161. The first-order valence-electron chi connectivity index (χ1n) is 7.58. The van der Waals surface area contributed by atoms with E-state index in [0.29, 0.717) is 5.82 Å². The molecule has 0 radical (unpaired) electrons. The van der Waals surface area contributed by atoms with Gasteiger partial charge in [0.2, 0.25) is 0 Å². The second-order valence-corrected chi connectivity index (χ2v) is 6.89. The van der Waals surface area contributed by atoms with Crippen LogP contribution in [0.3, 0.4) is 0 Å². The molecular formula is C17H24BNO2. The molecule has 2 fully saturated rings. The molecule has 112 valence electrons. The first-order chi connectivity index (χ1) is 9.77. The van der Waals surface area contributed by atoms with Crippen molar-refractivity contribution in [3.05, 3.63) is 35.4 Å². The maximum absolute atomic E-state index is 8.47. The van der Waals surface area contributed by atoms with Crippen molar-refractivity contribution in [3.8, 4) is 6.07 Å². The Hall–Kier alpha value is -1.31. The zero-order valence-corrected chi connectivity index (χ0v) is 13.6. The van der Waals surface area contributed by atoms with Gasteiger partial charge in [0.1, 0.15) is 0 Å². The molecule has 2 aliphatic rings. The molecule has 3 rings (SSSR count). The molecule has 21 heavy (non-hydrogen) atoms. The lowest BCUT2D eigenvalue weighted by atomic mass is 9.82. The van der Waals surface area contributed by atoms with Crippen LogP contribution >= 0.6 is 0 Å². The highest BCUT2D eigenvalue weighted by Crippen LogP contribution is 2.48.